The van der Waals surface area contributed by atoms with Crippen molar-refractivity contribution in [3.05, 3.63) is 126 Å². The fourth-order valence-corrected chi connectivity index (χ4v) is 15.5. The van der Waals surface area contributed by atoms with E-state index in [0.717, 1.165) is 11.3 Å². The van der Waals surface area contributed by atoms with E-state index in [2.05, 4.69) is 118 Å². The summed E-state index contributed by atoms with van der Waals surface area (Å²) in [6.07, 6.45) is 0.492. The molecule has 0 fully saturated rings. The molecule has 0 amide bonds. The van der Waals surface area contributed by atoms with Gasteiger partial charge in [-0.3, -0.25) is 0 Å². The quantitative estimate of drug-likeness (QED) is 0.150. The first-order chi connectivity index (χ1) is 17.7. The highest BCUT2D eigenvalue weighted by Crippen LogP contribution is 2.51. The molecule has 2 nitrogen and oxygen atoms in total. The van der Waals surface area contributed by atoms with Crippen molar-refractivity contribution < 1.29 is 10.2 Å². The van der Waals surface area contributed by atoms with Crippen LogP contribution in [0.2, 0.25) is 5.04 Å². The maximum Gasteiger partial charge on any atom is 0.171 e. The normalized spacial score (nSPS) is 14.6. The smallest absolute Gasteiger partial charge is 0.171 e. The van der Waals surface area contributed by atoms with Crippen molar-refractivity contribution in [3.8, 4) is 0 Å². The van der Waals surface area contributed by atoms with Crippen molar-refractivity contribution in [2.24, 2.45) is 0 Å². The van der Waals surface area contributed by atoms with Crippen molar-refractivity contribution in [1.29, 1.82) is 0 Å². The van der Waals surface area contributed by atoms with Crippen molar-refractivity contribution in [1.82, 2.24) is 0 Å². The Morgan fingerprint density at radius 3 is 1.54 bits per heavy atom. The number of rotatable bonds is 9. The van der Waals surface area contributed by atoms with Gasteiger partial charge in [0.2, 0.25) is 0 Å². The standard InChI is InChI=1S/C33H38O2SSi/c1-26(34)25-33(35,36-29-22-20-28(21-23-29)24-27-14-8-5-9-15-27)37(32(2,3)4,30-16-10-6-11-17-30)31-18-12-7-13-19-31/h5-23,26,34-35H,24-25H2,1-4H3. The average Bonchev–Trinajstić information content (AvgIpc) is 2.86. The Hall–Kier alpha value is -2.63. The third kappa shape index (κ3) is 5.78. The highest BCUT2D eigenvalue weighted by atomic mass is 32.2. The highest BCUT2D eigenvalue weighted by Gasteiger charge is 2.62. The molecule has 2 unspecified atom stereocenters. The lowest BCUT2D eigenvalue weighted by molar-refractivity contribution is 0.108. The van der Waals surface area contributed by atoms with E-state index in [9.17, 15) is 10.2 Å². The number of hydrogen-bond donors (Lipinski definition) is 2. The van der Waals surface area contributed by atoms with E-state index in [1.165, 1.54) is 33.3 Å². The molecule has 2 atom stereocenters. The number of thioether (sulfide) groups is 1. The molecule has 37 heavy (non-hydrogen) atoms. The topological polar surface area (TPSA) is 40.5 Å². The van der Waals surface area contributed by atoms with Gasteiger partial charge in [-0.25, -0.2) is 0 Å². The predicted molar refractivity (Wildman–Crippen MR) is 160 cm³/mol. The van der Waals surface area contributed by atoms with Gasteiger partial charge in [0.1, 0.15) is 4.56 Å². The van der Waals surface area contributed by atoms with Crippen molar-refractivity contribution >= 4 is 30.2 Å². The minimum atomic E-state index is -2.96. The molecule has 4 heteroatoms. The third-order valence-corrected chi connectivity index (χ3v) is 15.4. The lowest BCUT2D eigenvalue weighted by Gasteiger charge is -2.54. The first-order valence-corrected chi connectivity index (χ1v) is 15.8. The number of benzene rings is 4. The fourth-order valence-electron chi connectivity index (χ4n) is 5.82. The summed E-state index contributed by atoms with van der Waals surface area (Å²) in [6, 6.07) is 40.0. The van der Waals surface area contributed by atoms with E-state index in [-0.39, 0.29) is 11.5 Å². The molecule has 2 N–H and O–H groups in total. The predicted octanol–water partition coefficient (Wildman–Crippen LogP) is 6.43. The number of hydrogen-bond acceptors (Lipinski definition) is 3. The molecule has 4 aromatic carbocycles. The van der Waals surface area contributed by atoms with Crippen molar-refractivity contribution in [2.45, 2.75) is 61.1 Å². The van der Waals surface area contributed by atoms with Gasteiger partial charge in [0, 0.05) is 11.3 Å². The maximum absolute atomic E-state index is 13.0. The molecule has 0 heterocycles. The molecule has 0 saturated carbocycles. The van der Waals surface area contributed by atoms with Gasteiger partial charge in [-0.05, 0) is 52.0 Å². The van der Waals surface area contributed by atoms with E-state index < -0.39 is 18.7 Å². The summed E-state index contributed by atoms with van der Waals surface area (Å²) >= 11 is 1.52. The van der Waals surface area contributed by atoms with Crippen molar-refractivity contribution in [3.63, 3.8) is 0 Å². The number of aliphatic hydroxyl groups is 2. The summed E-state index contributed by atoms with van der Waals surface area (Å²) in [6.45, 7) is 8.52. The molecule has 0 saturated heterocycles. The van der Waals surface area contributed by atoms with Gasteiger partial charge in [0.15, 0.2) is 8.07 Å². The molecule has 192 valence electrons. The largest absolute Gasteiger partial charge is 0.393 e. The van der Waals surface area contributed by atoms with E-state index >= 15 is 0 Å². The molecule has 0 radical (unpaired) electrons. The van der Waals surface area contributed by atoms with Gasteiger partial charge < -0.3 is 10.2 Å². The summed E-state index contributed by atoms with van der Waals surface area (Å²) in [7, 11) is -2.96. The second kappa shape index (κ2) is 11.4. The monoisotopic (exact) mass is 526 g/mol. The fraction of sp³-hybridized carbons (Fsp3) is 0.273. The van der Waals surface area contributed by atoms with Crippen LogP contribution in [0.25, 0.3) is 0 Å². The molecule has 0 bridgehead atoms. The van der Waals surface area contributed by atoms with E-state index in [1.54, 1.807) is 6.92 Å². The van der Waals surface area contributed by atoms with Crippen LogP contribution in [0.3, 0.4) is 0 Å². The van der Waals surface area contributed by atoms with Crippen LogP contribution in [-0.4, -0.2) is 28.9 Å². The Morgan fingerprint density at radius 1 is 0.676 bits per heavy atom. The Balaban J connectivity index is 1.83. The van der Waals surface area contributed by atoms with Crippen LogP contribution in [0, 0.1) is 0 Å². The SMILES string of the molecule is CC(O)CC(O)(Sc1ccc(Cc2ccccc2)cc1)[Si](c1ccccc1)(c1ccccc1)C(C)(C)C. The minimum Gasteiger partial charge on any atom is -0.393 e. The Kier molecular flexibility index (Phi) is 8.45. The van der Waals surface area contributed by atoms with Crippen LogP contribution in [0.5, 0.6) is 0 Å². The third-order valence-electron chi connectivity index (χ3n) is 7.16. The molecule has 0 aliphatic rings. The van der Waals surface area contributed by atoms with Gasteiger partial charge in [-0.15, -0.1) is 0 Å². The van der Waals surface area contributed by atoms with Gasteiger partial charge >= 0.3 is 0 Å². The first-order valence-electron chi connectivity index (χ1n) is 13.0. The van der Waals surface area contributed by atoms with Crippen LogP contribution in [0.1, 0.15) is 45.2 Å². The summed E-state index contributed by atoms with van der Waals surface area (Å²) in [5, 5.41) is 25.8. The number of aliphatic hydroxyl groups excluding tert-OH is 1. The molecule has 0 aliphatic heterocycles. The Morgan fingerprint density at radius 2 is 1.11 bits per heavy atom. The highest BCUT2D eigenvalue weighted by molar-refractivity contribution is 8.02. The molecule has 0 aliphatic carbocycles. The summed E-state index contributed by atoms with van der Waals surface area (Å²) < 4.78 is -1.21. The zero-order valence-corrected chi connectivity index (χ0v) is 24.1. The van der Waals surface area contributed by atoms with Gasteiger partial charge in [-0.2, -0.15) is 0 Å². The van der Waals surface area contributed by atoms with Gasteiger partial charge in [0.25, 0.3) is 0 Å². The Labute approximate surface area is 227 Å². The lowest BCUT2D eigenvalue weighted by atomic mass is 10.1. The summed E-state index contributed by atoms with van der Waals surface area (Å²) in [4.78, 5) is 1.01. The van der Waals surface area contributed by atoms with Crippen LogP contribution < -0.4 is 10.4 Å². The lowest BCUT2D eigenvalue weighted by Crippen LogP contribution is -2.77. The molecule has 0 spiro atoms. The van der Waals surface area contributed by atoms with Crippen LogP contribution in [-0.2, 0) is 6.42 Å². The first kappa shape index (κ1) is 27.4. The molecular weight excluding hydrogens is 489 g/mol. The van der Waals surface area contributed by atoms with Gasteiger partial charge in [-0.1, -0.05) is 136 Å². The Bertz CT molecular complexity index is 1210. The average molecular weight is 527 g/mol. The maximum atomic E-state index is 13.0. The molecule has 4 rings (SSSR count). The second-order valence-electron chi connectivity index (χ2n) is 11.0. The zero-order chi connectivity index (χ0) is 26.5. The van der Waals surface area contributed by atoms with E-state index in [0.29, 0.717) is 0 Å². The molecule has 0 aromatic heterocycles. The van der Waals surface area contributed by atoms with Crippen molar-refractivity contribution in [2.75, 3.05) is 0 Å². The zero-order valence-electron chi connectivity index (χ0n) is 22.3. The summed E-state index contributed by atoms with van der Waals surface area (Å²) in [5.74, 6) is 0. The van der Waals surface area contributed by atoms with Gasteiger partial charge in [0.05, 0.1) is 6.10 Å². The summed E-state index contributed by atoms with van der Waals surface area (Å²) in [5.41, 5.74) is 2.51. The molecular formula is C33H38O2SSi. The van der Waals surface area contributed by atoms with Crippen LogP contribution in [0.4, 0.5) is 0 Å². The van der Waals surface area contributed by atoms with Crippen LogP contribution in [0.15, 0.2) is 120 Å². The minimum absolute atomic E-state index is 0.250. The second-order valence-corrected chi connectivity index (χ2v) is 17.7. The van der Waals surface area contributed by atoms with E-state index in [4.69, 9.17) is 0 Å². The van der Waals surface area contributed by atoms with Crippen LogP contribution >= 0.6 is 11.8 Å². The molecule has 4 aromatic rings. The van der Waals surface area contributed by atoms with E-state index in [1.807, 2.05) is 18.2 Å².